The predicted octanol–water partition coefficient (Wildman–Crippen LogP) is 3.44. The molecular formula is C12H13ClF2O3. The Kier molecular flexibility index (Phi) is 5.85. The Morgan fingerprint density at radius 1 is 1.44 bits per heavy atom. The number of rotatable bonds is 6. The second kappa shape index (κ2) is 7.16. The zero-order valence-corrected chi connectivity index (χ0v) is 10.5. The van der Waals surface area contributed by atoms with Crippen molar-refractivity contribution in [1.82, 2.24) is 0 Å². The molecular weight excluding hydrogens is 266 g/mol. The molecule has 0 aliphatic carbocycles. The normalized spacial score (nSPS) is 10.5. The van der Waals surface area contributed by atoms with E-state index in [0.29, 0.717) is 18.6 Å². The molecule has 0 N–H and O–H groups in total. The molecule has 0 aliphatic rings. The van der Waals surface area contributed by atoms with Crippen molar-refractivity contribution < 1.29 is 23.0 Å². The summed E-state index contributed by atoms with van der Waals surface area (Å²) < 4.78 is 32.9. The molecule has 6 heteroatoms. The molecule has 18 heavy (non-hydrogen) atoms. The van der Waals surface area contributed by atoms with Gasteiger partial charge in [0.05, 0.1) is 6.61 Å². The Morgan fingerprint density at radius 3 is 2.72 bits per heavy atom. The van der Waals surface area contributed by atoms with Crippen LogP contribution in [0.4, 0.5) is 8.78 Å². The molecule has 0 unspecified atom stereocenters. The van der Waals surface area contributed by atoms with Crippen molar-refractivity contribution in [3.05, 3.63) is 28.8 Å². The molecule has 0 radical (unpaired) electrons. The van der Waals surface area contributed by atoms with Gasteiger partial charge in [-0.15, -0.1) is 0 Å². The predicted molar refractivity (Wildman–Crippen MR) is 63.0 cm³/mol. The van der Waals surface area contributed by atoms with Crippen LogP contribution in [0, 0.1) is 0 Å². The van der Waals surface area contributed by atoms with Gasteiger partial charge in [0, 0.05) is 11.4 Å². The summed E-state index contributed by atoms with van der Waals surface area (Å²) in [4.78, 5) is 11.2. The van der Waals surface area contributed by atoms with Gasteiger partial charge in [-0.3, -0.25) is 4.79 Å². The third-order valence-electron chi connectivity index (χ3n) is 2.15. The summed E-state index contributed by atoms with van der Waals surface area (Å²) in [5.41, 5.74) is 0.686. The first-order valence-corrected chi connectivity index (χ1v) is 5.79. The number of carbonyl (C=O) groups excluding carboxylic acids is 1. The minimum absolute atomic E-state index is 0.00474. The summed E-state index contributed by atoms with van der Waals surface area (Å²) in [5.74, 6) is -0.323. The van der Waals surface area contributed by atoms with Crippen molar-refractivity contribution in [2.75, 3.05) is 6.61 Å². The molecule has 0 amide bonds. The van der Waals surface area contributed by atoms with Crippen LogP contribution in [0.1, 0.15) is 18.9 Å². The van der Waals surface area contributed by atoms with Gasteiger partial charge in [-0.25, -0.2) is 0 Å². The summed E-state index contributed by atoms with van der Waals surface area (Å²) in [6, 6.07) is 4.24. The number of hydrogen-bond donors (Lipinski definition) is 0. The van der Waals surface area contributed by atoms with Gasteiger partial charge in [-0.05, 0) is 31.0 Å². The van der Waals surface area contributed by atoms with Crippen LogP contribution in [0.5, 0.6) is 5.75 Å². The number of alkyl halides is 2. The van der Waals surface area contributed by atoms with Crippen molar-refractivity contribution in [2.24, 2.45) is 0 Å². The highest BCUT2D eigenvalue weighted by Crippen LogP contribution is 2.24. The van der Waals surface area contributed by atoms with E-state index in [4.69, 9.17) is 16.3 Å². The lowest BCUT2D eigenvalue weighted by atomic mass is 10.1. The fraction of sp³-hybridized carbons (Fsp3) is 0.417. The maximum atomic E-state index is 12.0. The summed E-state index contributed by atoms with van der Waals surface area (Å²) in [6.45, 7) is -0.832. The Morgan fingerprint density at radius 2 is 2.17 bits per heavy atom. The van der Waals surface area contributed by atoms with Gasteiger partial charge in [0.2, 0.25) is 0 Å². The molecule has 0 aromatic heterocycles. The van der Waals surface area contributed by atoms with Crippen LogP contribution in [0.2, 0.25) is 5.02 Å². The van der Waals surface area contributed by atoms with E-state index in [1.165, 1.54) is 12.1 Å². The van der Waals surface area contributed by atoms with Crippen LogP contribution in [-0.4, -0.2) is 19.2 Å². The molecule has 0 saturated heterocycles. The van der Waals surface area contributed by atoms with Gasteiger partial charge in [0.1, 0.15) is 5.75 Å². The quantitative estimate of drug-likeness (QED) is 0.748. The van der Waals surface area contributed by atoms with Crippen LogP contribution in [0.15, 0.2) is 18.2 Å². The Bertz CT molecular complexity index is 410. The topological polar surface area (TPSA) is 35.5 Å². The number of aryl methyl sites for hydroxylation is 1. The molecule has 0 heterocycles. The molecule has 100 valence electrons. The number of carbonyl (C=O) groups is 1. The minimum Gasteiger partial charge on any atom is -0.466 e. The Labute approximate surface area is 109 Å². The van der Waals surface area contributed by atoms with Crippen molar-refractivity contribution in [2.45, 2.75) is 26.4 Å². The smallest absolute Gasteiger partial charge is 0.387 e. The molecule has 0 spiro atoms. The average molecular weight is 279 g/mol. The van der Waals surface area contributed by atoms with Gasteiger partial charge in [-0.1, -0.05) is 17.7 Å². The number of ether oxygens (including phenoxy) is 2. The average Bonchev–Trinajstić information content (AvgIpc) is 2.27. The first kappa shape index (κ1) is 14.7. The number of benzene rings is 1. The van der Waals surface area contributed by atoms with E-state index in [-0.39, 0.29) is 23.2 Å². The van der Waals surface area contributed by atoms with E-state index < -0.39 is 6.61 Å². The largest absolute Gasteiger partial charge is 0.466 e. The van der Waals surface area contributed by atoms with Gasteiger partial charge in [-0.2, -0.15) is 8.78 Å². The Balaban J connectivity index is 2.59. The zero-order chi connectivity index (χ0) is 13.5. The first-order chi connectivity index (χ1) is 8.52. The van der Waals surface area contributed by atoms with Crippen molar-refractivity contribution in [3.8, 4) is 5.75 Å². The van der Waals surface area contributed by atoms with Crippen LogP contribution < -0.4 is 4.74 Å². The molecule has 1 aromatic rings. The highest BCUT2D eigenvalue weighted by atomic mass is 35.5. The van der Waals surface area contributed by atoms with E-state index in [1.807, 2.05) is 0 Å². The molecule has 1 rings (SSSR count). The third-order valence-corrected chi connectivity index (χ3v) is 2.51. The third kappa shape index (κ3) is 4.87. The first-order valence-electron chi connectivity index (χ1n) is 5.41. The standard InChI is InChI=1S/C12H13ClF2O3/c1-2-17-11(16)6-4-8-3-5-9(7-10(8)13)18-12(14)15/h3,5,7,12H,2,4,6H2,1H3. The maximum Gasteiger partial charge on any atom is 0.387 e. The SMILES string of the molecule is CCOC(=O)CCc1ccc(OC(F)F)cc1Cl. The zero-order valence-electron chi connectivity index (χ0n) is 9.79. The van der Waals surface area contributed by atoms with Crippen LogP contribution in [-0.2, 0) is 16.0 Å². The van der Waals surface area contributed by atoms with E-state index in [0.717, 1.165) is 0 Å². The fourth-order valence-electron chi connectivity index (χ4n) is 1.38. The van der Waals surface area contributed by atoms with E-state index >= 15 is 0 Å². The van der Waals surface area contributed by atoms with Crippen molar-refractivity contribution >= 4 is 17.6 Å². The summed E-state index contributed by atoms with van der Waals surface area (Å²) >= 11 is 5.90. The highest BCUT2D eigenvalue weighted by molar-refractivity contribution is 6.31. The summed E-state index contributed by atoms with van der Waals surface area (Å²) in [6.07, 6.45) is 0.592. The lowest BCUT2D eigenvalue weighted by Crippen LogP contribution is -2.06. The fourth-order valence-corrected chi connectivity index (χ4v) is 1.64. The van der Waals surface area contributed by atoms with Crippen molar-refractivity contribution in [3.63, 3.8) is 0 Å². The summed E-state index contributed by atoms with van der Waals surface area (Å²) in [5, 5.41) is 0.289. The Hall–Kier alpha value is -1.36. The molecule has 3 nitrogen and oxygen atoms in total. The number of hydrogen-bond acceptors (Lipinski definition) is 3. The van der Waals surface area contributed by atoms with Gasteiger partial charge in [0.25, 0.3) is 0 Å². The van der Waals surface area contributed by atoms with Gasteiger partial charge in [0.15, 0.2) is 0 Å². The molecule has 0 bridgehead atoms. The van der Waals surface area contributed by atoms with Gasteiger partial charge < -0.3 is 9.47 Å². The monoisotopic (exact) mass is 278 g/mol. The second-order valence-electron chi connectivity index (χ2n) is 3.44. The van der Waals surface area contributed by atoms with Crippen LogP contribution >= 0.6 is 11.6 Å². The van der Waals surface area contributed by atoms with Gasteiger partial charge >= 0.3 is 12.6 Å². The molecule has 0 fully saturated rings. The lowest BCUT2D eigenvalue weighted by Gasteiger charge is -2.08. The minimum atomic E-state index is -2.88. The maximum absolute atomic E-state index is 12.0. The van der Waals surface area contributed by atoms with E-state index in [9.17, 15) is 13.6 Å². The highest BCUT2D eigenvalue weighted by Gasteiger charge is 2.09. The lowest BCUT2D eigenvalue weighted by molar-refractivity contribution is -0.143. The summed E-state index contributed by atoms with van der Waals surface area (Å²) in [7, 11) is 0. The molecule has 0 saturated carbocycles. The van der Waals surface area contributed by atoms with Crippen molar-refractivity contribution in [1.29, 1.82) is 0 Å². The second-order valence-corrected chi connectivity index (χ2v) is 3.84. The molecule has 1 aromatic carbocycles. The van der Waals surface area contributed by atoms with Crippen LogP contribution in [0.3, 0.4) is 0 Å². The number of halogens is 3. The molecule has 0 atom stereocenters. The van der Waals surface area contributed by atoms with E-state index in [2.05, 4.69) is 4.74 Å². The number of esters is 1. The van der Waals surface area contributed by atoms with E-state index in [1.54, 1.807) is 13.0 Å². The van der Waals surface area contributed by atoms with Crippen LogP contribution in [0.25, 0.3) is 0 Å². The molecule has 0 aliphatic heterocycles.